The van der Waals surface area contributed by atoms with E-state index in [0.717, 1.165) is 0 Å². The monoisotopic (exact) mass is 321 g/mol. The molecule has 0 bridgehead atoms. The number of benzene rings is 2. The highest BCUT2D eigenvalue weighted by Gasteiger charge is 2.09. The number of hydrogen-bond donors (Lipinski definition) is 0. The Kier molecular flexibility index (Phi) is 4.43. The molecular formula is C21H11N3O. The highest BCUT2D eigenvalue weighted by Crippen LogP contribution is 2.27. The molecule has 0 unspecified atom stereocenters. The van der Waals surface area contributed by atoms with E-state index < -0.39 is 0 Å². The summed E-state index contributed by atoms with van der Waals surface area (Å²) in [5.74, 6) is 1.09. The first-order valence-electron chi connectivity index (χ1n) is 7.47. The third-order valence-electron chi connectivity index (χ3n) is 3.67. The fourth-order valence-electron chi connectivity index (χ4n) is 2.42. The predicted octanol–water partition coefficient (Wildman–Crippen LogP) is 4.75. The van der Waals surface area contributed by atoms with Crippen LogP contribution in [-0.4, -0.2) is 0 Å². The number of nitrogens with zero attached hydrogens (tertiary/aromatic N) is 3. The van der Waals surface area contributed by atoms with Gasteiger partial charge in [-0.15, -0.1) is 0 Å². The number of furan rings is 1. The standard InChI is InChI=1S/C21H11N3O/c22-12-15-5-7-16(8-6-15)18(14-24)11-19-9-10-21(25-19)20-4-2-1-3-17(20)13-23/h1-11H/b18-11-. The molecule has 0 saturated heterocycles. The van der Waals surface area contributed by atoms with Gasteiger partial charge in [0, 0.05) is 5.56 Å². The maximum Gasteiger partial charge on any atom is 0.136 e. The molecule has 2 aromatic carbocycles. The summed E-state index contributed by atoms with van der Waals surface area (Å²) in [5, 5.41) is 27.4. The van der Waals surface area contributed by atoms with Gasteiger partial charge in [0.2, 0.25) is 0 Å². The lowest BCUT2D eigenvalue weighted by molar-refractivity contribution is 0.572. The minimum atomic E-state index is 0.430. The van der Waals surface area contributed by atoms with Crippen molar-refractivity contribution in [3.05, 3.63) is 83.1 Å². The molecule has 4 nitrogen and oxygen atoms in total. The lowest BCUT2D eigenvalue weighted by atomic mass is 10.0. The van der Waals surface area contributed by atoms with Crippen molar-refractivity contribution >= 4 is 11.6 Å². The molecule has 25 heavy (non-hydrogen) atoms. The van der Waals surface area contributed by atoms with E-state index >= 15 is 0 Å². The largest absolute Gasteiger partial charge is 0.457 e. The van der Waals surface area contributed by atoms with Crippen LogP contribution in [0.25, 0.3) is 23.0 Å². The third kappa shape index (κ3) is 3.32. The SMILES string of the molecule is N#C/C(=C/c1ccc(-c2ccccc2C#N)o1)c1ccc(C#N)cc1. The molecule has 3 aromatic rings. The molecule has 3 rings (SSSR count). The Bertz CT molecular complexity index is 1070. The second kappa shape index (κ2) is 7.01. The van der Waals surface area contributed by atoms with Gasteiger partial charge in [-0.3, -0.25) is 0 Å². The van der Waals surface area contributed by atoms with Crippen molar-refractivity contribution in [1.82, 2.24) is 0 Å². The third-order valence-corrected chi connectivity index (χ3v) is 3.67. The molecule has 1 heterocycles. The van der Waals surface area contributed by atoms with E-state index in [9.17, 15) is 10.5 Å². The predicted molar refractivity (Wildman–Crippen MR) is 93.5 cm³/mol. The van der Waals surface area contributed by atoms with E-state index in [1.165, 1.54) is 0 Å². The summed E-state index contributed by atoms with van der Waals surface area (Å²) in [6, 6.07) is 23.8. The van der Waals surface area contributed by atoms with Crippen molar-refractivity contribution in [3.8, 4) is 29.5 Å². The van der Waals surface area contributed by atoms with Gasteiger partial charge in [-0.25, -0.2) is 0 Å². The summed E-state index contributed by atoms with van der Waals surface area (Å²) in [7, 11) is 0. The van der Waals surface area contributed by atoms with E-state index in [1.807, 2.05) is 18.2 Å². The average Bonchev–Trinajstić information content (AvgIpc) is 3.14. The zero-order valence-corrected chi connectivity index (χ0v) is 13.1. The Morgan fingerprint density at radius 3 is 2.28 bits per heavy atom. The van der Waals surface area contributed by atoms with Gasteiger partial charge in [0.25, 0.3) is 0 Å². The Morgan fingerprint density at radius 1 is 0.840 bits per heavy atom. The van der Waals surface area contributed by atoms with Crippen molar-refractivity contribution in [3.63, 3.8) is 0 Å². The topological polar surface area (TPSA) is 84.5 Å². The Hall–Kier alpha value is -4.07. The lowest BCUT2D eigenvalue weighted by Gasteiger charge is -2.00. The second-order valence-corrected chi connectivity index (χ2v) is 5.22. The molecule has 116 valence electrons. The first-order valence-corrected chi connectivity index (χ1v) is 7.47. The van der Waals surface area contributed by atoms with Crippen molar-refractivity contribution in [2.45, 2.75) is 0 Å². The highest BCUT2D eigenvalue weighted by atomic mass is 16.3. The van der Waals surface area contributed by atoms with Gasteiger partial charge < -0.3 is 4.42 Å². The summed E-state index contributed by atoms with van der Waals surface area (Å²) in [6.45, 7) is 0. The van der Waals surface area contributed by atoms with E-state index in [4.69, 9.17) is 9.68 Å². The van der Waals surface area contributed by atoms with E-state index in [2.05, 4.69) is 12.1 Å². The smallest absolute Gasteiger partial charge is 0.136 e. The second-order valence-electron chi connectivity index (χ2n) is 5.22. The Morgan fingerprint density at radius 2 is 1.60 bits per heavy atom. The van der Waals surface area contributed by atoms with Gasteiger partial charge in [-0.2, -0.15) is 15.8 Å². The van der Waals surface area contributed by atoms with Gasteiger partial charge >= 0.3 is 0 Å². The zero-order chi connectivity index (χ0) is 17.6. The minimum Gasteiger partial charge on any atom is -0.457 e. The molecule has 0 radical (unpaired) electrons. The molecule has 0 saturated carbocycles. The van der Waals surface area contributed by atoms with E-state index in [1.54, 1.807) is 54.6 Å². The average molecular weight is 321 g/mol. The van der Waals surface area contributed by atoms with Gasteiger partial charge in [0.1, 0.15) is 11.5 Å². The first-order chi connectivity index (χ1) is 12.2. The summed E-state index contributed by atoms with van der Waals surface area (Å²) >= 11 is 0. The fourth-order valence-corrected chi connectivity index (χ4v) is 2.42. The molecule has 0 N–H and O–H groups in total. The molecular weight excluding hydrogens is 310 g/mol. The Labute approximate surface area is 145 Å². The van der Waals surface area contributed by atoms with Crippen LogP contribution in [-0.2, 0) is 0 Å². The normalized spacial score (nSPS) is 10.5. The number of nitriles is 3. The highest BCUT2D eigenvalue weighted by molar-refractivity contribution is 5.89. The summed E-state index contributed by atoms with van der Waals surface area (Å²) in [5.41, 5.74) is 2.91. The maximum atomic E-state index is 9.41. The van der Waals surface area contributed by atoms with Crippen LogP contribution in [0, 0.1) is 34.0 Å². The minimum absolute atomic E-state index is 0.430. The van der Waals surface area contributed by atoms with Crippen LogP contribution >= 0.6 is 0 Å². The van der Waals surface area contributed by atoms with Gasteiger partial charge in [0.15, 0.2) is 0 Å². The van der Waals surface area contributed by atoms with Crippen LogP contribution in [0.5, 0.6) is 0 Å². The van der Waals surface area contributed by atoms with E-state index in [-0.39, 0.29) is 0 Å². The van der Waals surface area contributed by atoms with Gasteiger partial charge in [-0.1, -0.05) is 24.3 Å². The lowest BCUT2D eigenvalue weighted by Crippen LogP contribution is -1.82. The fraction of sp³-hybridized carbons (Fsp3) is 0. The number of allylic oxidation sites excluding steroid dienone is 1. The van der Waals surface area contributed by atoms with Gasteiger partial charge in [0.05, 0.1) is 34.9 Å². The zero-order valence-electron chi connectivity index (χ0n) is 13.1. The molecule has 0 atom stereocenters. The summed E-state index contributed by atoms with van der Waals surface area (Å²) in [4.78, 5) is 0. The molecule has 0 fully saturated rings. The van der Waals surface area contributed by atoms with Crippen LogP contribution in [0.15, 0.2) is 65.1 Å². The van der Waals surface area contributed by atoms with Crippen LogP contribution in [0.3, 0.4) is 0 Å². The maximum absolute atomic E-state index is 9.41. The van der Waals surface area contributed by atoms with Crippen LogP contribution in [0.4, 0.5) is 0 Å². The van der Waals surface area contributed by atoms with Crippen molar-refractivity contribution in [1.29, 1.82) is 15.8 Å². The van der Waals surface area contributed by atoms with Gasteiger partial charge in [-0.05, 0) is 48.0 Å². The van der Waals surface area contributed by atoms with Crippen molar-refractivity contribution in [2.75, 3.05) is 0 Å². The van der Waals surface area contributed by atoms with Crippen LogP contribution in [0.1, 0.15) is 22.5 Å². The van der Waals surface area contributed by atoms with Crippen LogP contribution in [0.2, 0.25) is 0 Å². The molecule has 4 heteroatoms. The van der Waals surface area contributed by atoms with Crippen LogP contribution < -0.4 is 0 Å². The quantitative estimate of drug-likeness (QED) is 0.651. The van der Waals surface area contributed by atoms with E-state index in [0.29, 0.717) is 39.3 Å². The molecule has 0 aliphatic carbocycles. The molecule has 0 aliphatic heterocycles. The Balaban J connectivity index is 1.96. The molecule has 0 amide bonds. The first kappa shape index (κ1) is 15.8. The number of hydrogen-bond acceptors (Lipinski definition) is 4. The summed E-state index contributed by atoms with van der Waals surface area (Å²) < 4.78 is 5.78. The number of rotatable bonds is 3. The molecule has 0 spiro atoms. The van der Waals surface area contributed by atoms with Crippen molar-refractivity contribution < 1.29 is 4.42 Å². The molecule has 0 aliphatic rings. The summed E-state index contributed by atoms with van der Waals surface area (Å²) in [6.07, 6.45) is 1.64. The molecule has 1 aromatic heterocycles. The van der Waals surface area contributed by atoms with Crippen molar-refractivity contribution in [2.24, 2.45) is 0 Å².